The number of thioether (sulfide) groups is 1. The summed E-state index contributed by atoms with van der Waals surface area (Å²) in [5.41, 5.74) is 7.64. The van der Waals surface area contributed by atoms with Crippen molar-refractivity contribution in [2.45, 2.75) is 25.8 Å². The minimum absolute atomic E-state index is 0.544. The highest BCUT2D eigenvalue weighted by Gasteiger charge is 2.14. The molecule has 0 aliphatic carbocycles. The Kier molecular flexibility index (Phi) is 3.36. The molecule has 0 saturated carbocycles. The van der Waals surface area contributed by atoms with E-state index >= 15 is 0 Å². The lowest BCUT2D eigenvalue weighted by molar-refractivity contribution is 0.664. The van der Waals surface area contributed by atoms with Crippen LogP contribution >= 0.6 is 11.8 Å². The molecule has 0 atom stereocenters. The number of nitrogens with two attached hydrogens (primary N) is 1. The van der Waals surface area contributed by atoms with E-state index in [0.29, 0.717) is 6.04 Å². The Hall–Kier alpha value is -0.900. The number of nitrogen functional groups attached to an aromatic ring is 1. The standard InChI is InChI=1S/C11H17N3S/c1-8-2-3-10(12)11(13-8)14-9-4-6-15-7-5-9/h2-3,9H,4-7,12H2,1H3,(H,13,14). The summed E-state index contributed by atoms with van der Waals surface area (Å²) in [4.78, 5) is 4.42. The molecule has 3 nitrogen and oxygen atoms in total. The number of aryl methyl sites for hydroxylation is 1. The summed E-state index contributed by atoms with van der Waals surface area (Å²) in [6.45, 7) is 1.99. The van der Waals surface area contributed by atoms with Crippen molar-refractivity contribution in [3.8, 4) is 0 Å². The third-order valence-corrected chi connectivity index (χ3v) is 3.68. The normalized spacial score (nSPS) is 17.7. The molecule has 1 saturated heterocycles. The number of nitrogens with zero attached hydrogens (tertiary/aromatic N) is 1. The van der Waals surface area contributed by atoms with Crippen molar-refractivity contribution in [2.75, 3.05) is 22.6 Å². The number of pyridine rings is 1. The molecule has 1 aromatic heterocycles. The van der Waals surface area contributed by atoms with E-state index in [4.69, 9.17) is 5.73 Å². The molecule has 15 heavy (non-hydrogen) atoms. The summed E-state index contributed by atoms with van der Waals surface area (Å²) in [6.07, 6.45) is 2.42. The highest BCUT2D eigenvalue weighted by atomic mass is 32.2. The molecule has 1 fully saturated rings. The zero-order valence-electron chi connectivity index (χ0n) is 8.99. The molecular formula is C11H17N3S. The Bertz CT molecular complexity index is 335. The fraction of sp³-hybridized carbons (Fsp3) is 0.545. The molecule has 3 N–H and O–H groups in total. The van der Waals surface area contributed by atoms with Gasteiger partial charge in [-0.15, -0.1) is 0 Å². The molecule has 0 radical (unpaired) electrons. The molecule has 0 spiro atoms. The van der Waals surface area contributed by atoms with E-state index in [2.05, 4.69) is 10.3 Å². The molecule has 0 amide bonds. The molecule has 82 valence electrons. The average Bonchev–Trinajstić information content (AvgIpc) is 2.25. The quantitative estimate of drug-likeness (QED) is 0.807. The van der Waals surface area contributed by atoms with Crippen LogP contribution in [0.1, 0.15) is 18.5 Å². The molecule has 4 heteroatoms. The molecule has 2 rings (SSSR count). The molecule has 1 aliphatic rings. The van der Waals surface area contributed by atoms with Crippen molar-refractivity contribution in [1.29, 1.82) is 0 Å². The minimum Gasteiger partial charge on any atom is -0.396 e. The Morgan fingerprint density at radius 1 is 1.40 bits per heavy atom. The maximum atomic E-state index is 5.88. The lowest BCUT2D eigenvalue weighted by Crippen LogP contribution is -2.25. The number of anilines is 2. The SMILES string of the molecule is Cc1ccc(N)c(NC2CCSCC2)n1. The minimum atomic E-state index is 0.544. The Balaban J connectivity index is 2.05. The van der Waals surface area contributed by atoms with E-state index in [1.807, 2.05) is 30.8 Å². The van der Waals surface area contributed by atoms with Crippen molar-refractivity contribution >= 4 is 23.3 Å². The molecular weight excluding hydrogens is 206 g/mol. The van der Waals surface area contributed by atoms with Crippen LogP contribution in [0.2, 0.25) is 0 Å². The second kappa shape index (κ2) is 4.75. The van der Waals surface area contributed by atoms with Gasteiger partial charge in [0.15, 0.2) is 0 Å². The number of rotatable bonds is 2. The first-order valence-electron chi connectivity index (χ1n) is 5.33. The highest BCUT2D eigenvalue weighted by Crippen LogP contribution is 2.23. The number of hydrogen-bond donors (Lipinski definition) is 2. The van der Waals surface area contributed by atoms with Gasteiger partial charge in [0, 0.05) is 11.7 Å². The second-order valence-electron chi connectivity index (χ2n) is 3.92. The smallest absolute Gasteiger partial charge is 0.149 e. The number of hydrogen-bond acceptors (Lipinski definition) is 4. The number of aromatic nitrogens is 1. The van der Waals surface area contributed by atoms with Gasteiger partial charge in [-0.2, -0.15) is 11.8 Å². The zero-order chi connectivity index (χ0) is 10.7. The highest BCUT2D eigenvalue weighted by molar-refractivity contribution is 7.99. The molecule has 0 aromatic carbocycles. The predicted octanol–water partition coefficient (Wildman–Crippen LogP) is 2.28. The van der Waals surface area contributed by atoms with E-state index < -0.39 is 0 Å². The van der Waals surface area contributed by atoms with Crippen LogP contribution in [0.4, 0.5) is 11.5 Å². The van der Waals surface area contributed by atoms with Gasteiger partial charge in [0.25, 0.3) is 0 Å². The maximum absolute atomic E-state index is 5.88. The summed E-state index contributed by atoms with van der Waals surface area (Å²) in [5.74, 6) is 3.33. The van der Waals surface area contributed by atoms with Gasteiger partial charge in [-0.25, -0.2) is 4.98 Å². The van der Waals surface area contributed by atoms with Crippen LogP contribution < -0.4 is 11.1 Å². The molecule has 1 aliphatic heterocycles. The van der Waals surface area contributed by atoms with Crippen LogP contribution in [0.5, 0.6) is 0 Å². The molecule has 1 aromatic rings. The monoisotopic (exact) mass is 223 g/mol. The van der Waals surface area contributed by atoms with Crippen LogP contribution in [0, 0.1) is 6.92 Å². The van der Waals surface area contributed by atoms with Gasteiger partial charge in [0.2, 0.25) is 0 Å². The summed E-state index contributed by atoms with van der Waals surface area (Å²) in [5, 5.41) is 3.44. The van der Waals surface area contributed by atoms with E-state index in [0.717, 1.165) is 17.2 Å². The van der Waals surface area contributed by atoms with E-state index in [-0.39, 0.29) is 0 Å². The van der Waals surface area contributed by atoms with Crippen LogP contribution in [0.3, 0.4) is 0 Å². The summed E-state index contributed by atoms with van der Waals surface area (Å²) >= 11 is 2.02. The first-order chi connectivity index (χ1) is 7.25. The van der Waals surface area contributed by atoms with Gasteiger partial charge in [-0.3, -0.25) is 0 Å². The van der Waals surface area contributed by atoms with Crippen LogP contribution in [0.25, 0.3) is 0 Å². The average molecular weight is 223 g/mol. The Labute approximate surface area is 94.8 Å². The Morgan fingerprint density at radius 3 is 2.87 bits per heavy atom. The second-order valence-corrected chi connectivity index (χ2v) is 5.15. The van der Waals surface area contributed by atoms with Crippen LogP contribution in [-0.2, 0) is 0 Å². The van der Waals surface area contributed by atoms with E-state index in [1.54, 1.807) is 0 Å². The summed E-state index contributed by atoms with van der Waals surface area (Å²) in [7, 11) is 0. The topological polar surface area (TPSA) is 50.9 Å². The largest absolute Gasteiger partial charge is 0.396 e. The van der Waals surface area contributed by atoms with Crippen molar-refractivity contribution in [3.05, 3.63) is 17.8 Å². The van der Waals surface area contributed by atoms with Crippen molar-refractivity contribution < 1.29 is 0 Å². The van der Waals surface area contributed by atoms with Gasteiger partial charge in [-0.1, -0.05) is 0 Å². The fourth-order valence-corrected chi connectivity index (χ4v) is 2.82. The van der Waals surface area contributed by atoms with Crippen molar-refractivity contribution in [2.24, 2.45) is 0 Å². The third kappa shape index (κ3) is 2.78. The fourth-order valence-electron chi connectivity index (χ4n) is 1.72. The van der Waals surface area contributed by atoms with Gasteiger partial charge >= 0.3 is 0 Å². The van der Waals surface area contributed by atoms with Gasteiger partial charge < -0.3 is 11.1 Å². The molecule has 0 bridgehead atoms. The van der Waals surface area contributed by atoms with Gasteiger partial charge in [-0.05, 0) is 43.4 Å². The van der Waals surface area contributed by atoms with Crippen molar-refractivity contribution in [3.63, 3.8) is 0 Å². The molecule has 2 heterocycles. The molecule has 0 unspecified atom stereocenters. The Morgan fingerprint density at radius 2 is 2.13 bits per heavy atom. The van der Waals surface area contributed by atoms with E-state index in [9.17, 15) is 0 Å². The summed E-state index contributed by atoms with van der Waals surface area (Å²) in [6, 6.07) is 4.40. The maximum Gasteiger partial charge on any atom is 0.149 e. The van der Waals surface area contributed by atoms with Gasteiger partial charge in [0.05, 0.1) is 5.69 Å². The van der Waals surface area contributed by atoms with E-state index in [1.165, 1.54) is 24.3 Å². The van der Waals surface area contributed by atoms with Gasteiger partial charge in [0.1, 0.15) is 5.82 Å². The lowest BCUT2D eigenvalue weighted by Gasteiger charge is -2.23. The lowest BCUT2D eigenvalue weighted by atomic mass is 10.1. The zero-order valence-corrected chi connectivity index (χ0v) is 9.81. The first-order valence-corrected chi connectivity index (χ1v) is 6.48. The van der Waals surface area contributed by atoms with Crippen LogP contribution in [0.15, 0.2) is 12.1 Å². The van der Waals surface area contributed by atoms with Crippen LogP contribution in [-0.4, -0.2) is 22.5 Å². The number of nitrogens with one attached hydrogen (secondary N) is 1. The third-order valence-electron chi connectivity index (χ3n) is 2.63. The first kappa shape index (κ1) is 10.6. The summed E-state index contributed by atoms with van der Waals surface area (Å²) < 4.78 is 0. The predicted molar refractivity (Wildman–Crippen MR) is 67.4 cm³/mol. The van der Waals surface area contributed by atoms with Crippen molar-refractivity contribution in [1.82, 2.24) is 4.98 Å².